The lowest BCUT2D eigenvalue weighted by atomic mass is 9.94. The third-order valence-electron chi connectivity index (χ3n) is 10.7. The van der Waals surface area contributed by atoms with Crippen LogP contribution in [0.1, 0.15) is 40.5 Å². The van der Waals surface area contributed by atoms with E-state index < -0.39 is 6.23 Å². The van der Waals surface area contributed by atoms with Gasteiger partial charge in [-0.3, -0.25) is 9.69 Å². The Labute approximate surface area is 297 Å². The summed E-state index contributed by atoms with van der Waals surface area (Å²) in [6.45, 7) is 10.9. The predicted octanol–water partition coefficient (Wildman–Crippen LogP) is 7.37. The van der Waals surface area contributed by atoms with Gasteiger partial charge in [-0.05, 0) is 105 Å². The minimum Gasteiger partial charge on any atom is -0.369 e. The fourth-order valence-electron chi connectivity index (χ4n) is 8.46. The Bertz CT molecular complexity index is 2410. The number of aromatic nitrogens is 2. The highest BCUT2D eigenvalue weighted by Gasteiger charge is 2.41. The van der Waals surface area contributed by atoms with Gasteiger partial charge in [0.15, 0.2) is 11.3 Å². The maximum atomic E-state index is 14.3. The van der Waals surface area contributed by atoms with Crippen molar-refractivity contribution in [3.63, 3.8) is 0 Å². The van der Waals surface area contributed by atoms with Crippen LogP contribution in [0.25, 0.3) is 55.5 Å². The molecule has 1 saturated heterocycles. The Morgan fingerprint density at radius 1 is 0.680 bits per heavy atom. The fourth-order valence-corrected chi connectivity index (χ4v) is 8.90. The summed E-state index contributed by atoms with van der Waals surface area (Å²) in [7, 11) is 0. The molecule has 1 N–H and O–H groups in total. The first-order chi connectivity index (χ1) is 24.4. The van der Waals surface area contributed by atoms with Crippen LogP contribution in [0.4, 0.5) is 0 Å². The van der Waals surface area contributed by atoms with Gasteiger partial charge in [0.25, 0.3) is 5.91 Å². The molecule has 1 aliphatic heterocycles. The molecule has 1 unspecified atom stereocenters. The molecule has 4 aromatic carbocycles. The standard InChI is InChI=1S/C43H42N4O2S/c1-5-44-33(31-17-9-13-27-15-11-19-35(44)38(27)31)25-23-29-21-22-30(37(29)40-41(48)46(7-3)43(50)47(8-4)42(40)49)24-26-34-32-18-10-14-28-16-12-20-36(39(28)32)45(34)6-2/h9-20,23-26,41,48H,5-8,21-22H2,1-4H3/b29-23-,30-24+,33-25-,34-26-,40-37+. The molecule has 6 aromatic rings. The molecule has 0 radical (unpaired) electrons. The number of carbonyl (C=O) groups excluding carboxylic acids is 1. The number of carbonyl (C=O) groups is 1. The van der Waals surface area contributed by atoms with Crippen LogP contribution in [0.3, 0.4) is 0 Å². The SMILES string of the molecule is CCN1C(=O)/C(=C2C(=C/C=c3/c4cccc5cccc(c54)n3CC)\CCC\2=C/C=c2/c3cccc4cccc(c43)n2CC)C(O)N(CC)C1=S. The van der Waals surface area contributed by atoms with Gasteiger partial charge in [0.2, 0.25) is 0 Å². The number of aliphatic hydroxyl groups is 1. The molecule has 3 heterocycles. The van der Waals surface area contributed by atoms with Crippen molar-refractivity contribution < 1.29 is 9.90 Å². The smallest absolute Gasteiger partial charge is 0.261 e. The average molecular weight is 679 g/mol. The van der Waals surface area contributed by atoms with Gasteiger partial charge in [0, 0.05) is 69.5 Å². The van der Waals surface area contributed by atoms with Crippen LogP contribution < -0.4 is 10.7 Å². The Morgan fingerprint density at radius 3 is 1.60 bits per heavy atom. The molecular formula is C43H42N4O2S. The van der Waals surface area contributed by atoms with Gasteiger partial charge < -0.3 is 19.1 Å². The number of allylic oxidation sites excluding steroid dienone is 5. The van der Waals surface area contributed by atoms with Crippen LogP contribution in [-0.2, 0) is 17.9 Å². The Morgan fingerprint density at radius 2 is 1.16 bits per heavy atom. The maximum Gasteiger partial charge on any atom is 0.261 e. The van der Waals surface area contributed by atoms with Crippen molar-refractivity contribution in [3.8, 4) is 0 Å². The summed E-state index contributed by atoms with van der Waals surface area (Å²) in [6, 6.07) is 26.0. The molecule has 1 saturated carbocycles. The average Bonchev–Trinajstić information content (AvgIpc) is 3.78. The monoisotopic (exact) mass is 678 g/mol. The van der Waals surface area contributed by atoms with Crippen molar-refractivity contribution in [2.24, 2.45) is 0 Å². The van der Waals surface area contributed by atoms with Gasteiger partial charge in [0.1, 0.15) is 0 Å². The van der Waals surface area contributed by atoms with Crippen LogP contribution in [0.5, 0.6) is 0 Å². The summed E-state index contributed by atoms with van der Waals surface area (Å²) in [6.07, 6.45) is 9.18. The molecule has 2 aliphatic rings. The highest BCUT2D eigenvalue weighted by atomic mass is 32.1. The third kappa shape index (κ3) is 4.78. The quantitative estimate of drug-likeness (QED) is 0.148. The van der Waals surface area contributed by atoms with Crippen LogP contribution in [-0.4, -0.2) is 54.4 Å². The van der Waals surface area contributed by atoms with E-state index in [-0.39, 0.29) is 5.91 Å². The van der Waals surface area contributed by atoms with Crippen LogP contribution in [0.15, 0.2) is 107 Å². The van der Waals surface area contributed by atoms with Crippen LogP contribution in [0.2, 0.25) is 0 Å². The molecule has 1 aliphatic carbocycles. The summed E-state index contributed by atoms with van der Waals surface area (Å²) in [5, 5.41) is 22.0. The zero-order valence-electron chi connectivity index (χ0n) is 29.1. The summed E-state index contributed by atoms with van der Waals surface area (Å²) in [4.78, 5) is 17.7. The van der Waals surface area contributed by atoms with Gasteiger partial charge in [-0.1, -0.05) is 72.8 Å². The van der Waals surface area contributed by atoms with E-state index in [0.717, 1.165) is 53.3 Å². The Balaban J connectivity index is 1.38. The Kier molecular flexibility index (Phi) is 8.20. The van der Waals surface area contributed by atoms with E-state index in [9.17, 15) is 9.90 Å². The number of aliphatic hydroxyl groups excluding tert-OH is 1. The first-order valence-electron chi connectivity index (χ1n) is 17.9. The first kappa shape index (κ1) is 32.2. The summed E-state index contributed by atoms with van der Waals surface area (Å²) in [5.41, 5.74) is 5.78. The van der Waals surface area contributed by atoms with Gasteiger partial charge >= 0.3 is 0 Å². The molecule has 8 rings (SSSR count). The second-order valence-corrected chi connectivity index (χ2v) is 13.5. The summed E-state index contributed by atoms with van der Waals surface area (Å²) < 4.78 is 4.73. The molecule has 2 fully saturated rings. The van der Waals surface area contributed by atoms with Crippen molar-refractivity contribution in [1.29, 1.82) is 0 Å². The zero-order chi connectivity index (χ0) is 34.7. The molecule has 1 atom stereocenters. The van der Waals surface area contributed by atoms with E-state index in [1.807, 2.05) is 13.8 Å². The molecule has 1 amide bonds. The normalized spacial score (nSPS) is 21.3. The molecule has 2 aromatic heterocycles. The van der Waals surface area contributed by atoms with Gasteiger partial charge in [-0.15, -0.1) is 0 Å². The minimum absolute atomic E-state index is 0.217. The maximum absolute atomic E-state index is 14.3. The number of nitrogens with zero attached hydrogens (tertiary/aromatic N) is 4. The largest absolute Gasteiger partial charge is 0.369 e. The molecule has 7 heteroatoms. The predicted molar refractivity (Wildman–Crippen MR) is 210 cm³/mol. The fraction of sp³-hybridized carbons (Fsp3) is 0.256. The lowest BCUT2D eigenvalue weighted by molar-refractivity contribution is -0.128. The third-order valence-corrected chi connectivity index (χ3v) is 11.2. The van der Waals surface area contributed by atoms with E-state index in [1.165, 1.54) is 43.4 Å². The summed E-state index contributed by atoms with van der Waals surface area (Å²) >= 11 is 5.71. The minimum atomic E-state index is -1.13. The number of aryl methyl sites for hydroxylation is 2. The van der Waals surface area contributed by atoms with E-state index in [4.69, 9.17) is 12.2 Å². The van der Waals surface area contributed by atoms with E-state index in [0.29, 0.717) is 23.8 Å². The second-order valence-electron chi connectivity index (χ2n) is 13.1. The highest BCUT2D eigenvalue weighted by Crippen LogP contribution is 2.41. The number of thiocarbonyl (C=S) groups is 1. The molecule has 50 heavy (non-hydrogen) atoms. The number of benzene rings is 4. The number of hydrogen-bond donors (Lipinski definition) is 1. The van der Waals surface area contributed by atoms with Crippen molar-refractivity contribution in [1.82, 2.24) is 18.9 Å². The van der Waals surface area contributed by atoms with Crippen LogP contribution in [0, 0.1) is 0 Å². The topological polar surface area (TPSA) is 53.6 Å². The van der Waals surface area contributed by atoms with E-state index in [1.54, 1.807) is 9.80 Å². The molecule has 6 nitrogen and oxygen atoms in total. The first-order valence-corrected chi connectivity index (χ1v) is 18.3. The Hall–Kier alpha value is -4.98. The van der Waals surface area contributed by atoms with Gasteiger partial charge in [-0.2, -0.15) is 0 Å². The number of amides is 1. The van der Waals surface area contributed by atoms with Crippen LogP contribution >= 0.6 is 12.2 Å². The number of rotatable bonds is 6. The van der Waals surface area contributed by atoms with Crippen molar-refractivity contribution in [2.75, 3.05) is 13.1 Å². The molecular weight excluding hydrogens is 637 g/mol. The van der Waals surface area contributed by atoms with Crippen molar-refractivity contribution in [2.45, 2.75) is 59.9 Å². The van der Waals surface area contributed by atoms with Crippen molar-refractivity contribution >= 4 is 78.7 Å². The van der Waals surface area contributed by atoms with Gasteiger partial charge in [0.05, 0.1) is 5.57 Å². The molecule has 0 bridgehead atoms. The second kappa shape index (κ2) is 12.7. The molecule has 0 spiro atoms. The van der Waals surface area contributed by atoms with E-state index >= 15 is 0 Å². The van der Waals surface area contributed by atoms with E-state index in [2.05, 4.69) is 120 Å². The summed E-state index contributed by atoms with van der Waals surface area (Å²) in [5.74, 6) is -0.217. The van der Waals surface area contributed by atoms with Gasteiger partial charge in [-0.25, -0.2) is 0 Å². The highest BCUT2D eigenvalue weighted by molar-refractivity contribution is 7.80. The molecule has 252 valence electrons. The number of likely N-dealkylation sites (N-methyl/N-ethyl adjacent to an activating group) is 2. The zero-order valence-corrected chi connectivity index (χ0v) is 29.9. The lowest BCUT2D eigenvalue weighted by Gasteiger charge is -2.41. The van der Waals surface area contributed by atoms with Crippen molar-refractivity contribution in [3.05, 3.63) is 118 Å². The lowest BCUT2D eigenvalue weighted by Crippen LogP contribution is -2.58. The number of hydrogen-bond acceptors (Lipinski definition) is 3.